The Bertz CT molecular complexity index is 450. The van der Waals surface area contributed by atoms with Crippen LogP contribution in [-0.2, 0) is 6.54 Å². The number of hydrogen-bond donors (Lipinski definition) is 0. The zero-order valence-electron chi connectivity index (χ0n) is 8.42. The minimum absolute atomic E-state index is 0.00648. The van der Waals surface area contributed by atoms with Crippen LogP contribution >= 0.6 is 0 Å². The maximum atomic E-state index is 11.7. The van der Waals surface area contributed by atoms with Crippen LogP contribution in [-0.4, -0.2) is 28.2 Å². The summed E-state index contributed by atoms with van der Waals surface area (Å²) >= 11 is 0. The summed E-state index contributed by atoms with van der Waals surface area (Å²) in [6.07, 6.45) is 6.72. The van der Waals surface area contributed by atoms with Crippen molar-refractivity contribution in [3.05, 3.63) is 42.7 Å². The van der Waals surface area contributed by atoms with Gasteiger partial charge in [0, 0.05) is 18.6 Å². The Hall–Kier alpha value is -1.91. The fourth-order valence-corrected chi connectivity index (χ4v) is 1.26. The molecule has 0 aliphatic rings. The number of aromatic nitrogens is 3. The summed E-state index contributed by atoms with van der Waals surface area (Å²) < 4.78 is 1.73. The van der Waals surface area contributed by atoms with Gasteiger partial charge in [0.25, 0.3) is 0 Å². The quantitative estimate of drug-likeness (QED) is 0.490. The molecule has 0 radical (unpaired) electrons. The Balaban J connectivity index is 2.11. The molecular formula is C10H10BN3O. The molecule has 15 heavy (non-hydrogen) atoms. The van der Waals surface area contributed by atoms with Crippen molar-refractivity contribution in [1.82, 2.24) is 14.5 Å². The molecule has 0 saturated carbocycles. The second kappa shape index (κ2) is 4.08. The van der Waals surface area contributed by atoms with Gasteiger partial charge in [-0.1, -0.05) is 11.5 Å². The van der Waals surface area contributed by atoms with E-state index in [2.05, 4.69) is 9.97 Å². The fraction of sp³-hybridized carbons (Fsp3) is 0.100. The molecule has 0 N–H and O–H groups in total. The highest BCUT2D eigenvalue weighted by molar-refractivity contribution is 6.32. The van der Waals surface area contributed by atoms with Crippen molar-refractivity contribution in [2.75, 3.05) is 0 Å². The zero-order valence-corrected chi connectivity index (χ0v) is 8.42. The smallest absolute Gasteiger partial charge is 0.200 e. The first kappa shape index (κ1) is 9.64. The molecule has 0 atom stereocenters. The number of rotatable bonds is 3. The Labute approximate surface area is 88.4 Å². The van der Waals surface area contributed by atoms with Gasteiger partial charge in [-0.3, -0.25) is 9.78 Å². The third kappa shape index (κ3) is 2.31. The first-order valence-corrected chi connectivity index (χ1v) is 4.67. The van der Waals surface area contributed by atoms with Gasteiger partial charge in [0.2, 0.25) is 5.78 Å². The Kier molecular flexibility index (Phi) is 2.62. The van der Waals surface area contributed by atoms with E-state index in [-0.39, 0.29) is 12.3 Å². The highest BCUT2D eigenvalue weighted by Crippen LogP contribution is 1.97. The number of ketones is 1. The van der Waals surface area contributed by atoms with Gasteiger partial charge in [0.05, 0.1) is 12.9 Å². The summed E-state index contributed by atoms with van der Waals surface area (Å²) in [6, 6.07) is 3.63. The van der Waals surface area contributed by atoms with Crippen molar-refractivity contribution in [2.24, 2.45) is 0 Å². The number of imidazole rings is 1. The van der Waals surface area contributed by atoms with E-state index in [0.29, 0.717) is 5.69 Å². The van der Waals surface area contributed by atoms with Crippen LogP contribution in [0.2, 0.25) is 0 Å². The van der Waals surface area contributed by atoms with E-state index in [1.54, 1.807) is 35.6 Å². The highest BCUT2D eigenvalue weighted by atomic mass is 16.1. The molecular weight excluding hydrogens is 189 g/mol. The zero-order chi connectivity index (χ0) is 10.7. The average molecular weight is 199 g/mol. The molecule has 2 heterocycles. The van der Waals surface area contributed by atoms with Crippen molar-refractivity contribution in [3.8, 4) is 0 Å². The van der Waals surface area contributed by atoms with E-state index in [4.69, 9.17) is 0 Å². The number of hydrogen-bond acceptors (Lipinski definition) is 3. The normalized spacial score (nSPS) is 10.1. The molecule has 0 aliphatic carbocycles. The highest BCUT2D eigenvalue weighted by Gasteiger charge is 2.06. The van der Waals surface area contributed by atoms with Crippen LogP contribution in [0, 0.1) is 0 Å². The Morgan fingerprint density at radius 1 is 1.47 bits per heavy atom. The van der Waals surface area contributed by atoms with Crippen LogP contribution in [0.5, 0.6) is 0 Å². The molecule has 5 heteroatoms. The molecule has 0 amide bonds. The molecule has 0 aliphatic heterocycles. The average Bonchev–Trinajstić information content (AvgIpc) is 2.71. The van der Waals surface area contributed by atoms with Gasteiger partial charge in [0.15, 0.2) is 0 Å². The lowest BCUT2D eigenvalue weighted by Crippen LogP contribution is -2.13. The van der Waals surface area contributed by atoms with Crippen molar-refractivity contribution >= 4 is 19.1 Å². The molecule has 2 rings (SSSR count). The number of nitrogens with zero attached hydrogens (tertiary/aromatic N) is 3. The third-order valence-electron chi connectivity index (χ3n) is 2.08. The van der Waals surface area contributed by atoms with E-state index in [1.807, 2.05) is 13.9 Å². The molecule has 2 aromatic rings. The van der Waals surface area contributed by atoms with Gasteiger partial charge >= 0.3 is 0 Å². The number of carbonyl (C=O) groups is 1. The van der Waals surface area contributed by atoms with E-state index in [1.165, 1.54) is 0 Å². The van der Waals surface area contributed by atoms with Crippen LogP contribution in [0.1, 0.15) is 10.5 Å². The summed E-state index contributed by atoms with van der Waals surface area (Å²) in [5, 5.41) is 0. The predicted octanol–water partition coefficient (Wildman–Crippen LogP) is -0.581. The maximum absolute atomic E-state index is 11.7. The van der Waals surface area contributed by atoms with Gasteiger partial charge in [-0.25, -0.2) is 4.98 Å². The molecule has 0 saturated heterocycles. The first-order chi connectivity index (χ1) is 7.25. The summed E-state index contributed by atoms with van der Waals surface area (Å²) in [5.74, 6) is -0.00648. The first-order valence-electron chi connectivity index (χ1n) is 4.67. The molecule has 0 aromatic carbocycles. The van der Waals surface area contributed by atoms with Crippen molar-refractivity contribution in [2.45, 2.75) is 6.54 Å². The van der Waals surface area contributed by atoms with Crippen LogP contribution in [0.4, 0.5) is 0 Å². The van der Waals surface area contributed by atoms with E-state index in [0.717, 1.165) is 5.46 Å². The van der Waals surface area contributed by atoms with E-state index >= 15 is 0 Å². The molecule has 0 bridgehead atoms. The van der Waals surface area contributed by atoms with Crippen LogP contribution < -0.4 is 5.46 Å². The van der Waals surface area contributed by atoms with Gasteiger partial charge in [-0.15, -0.1) is 0 Å². The summed E-state index contributed by atoms with van der Waals surface area (Å²) in [5.41, 5.74) is 1.54. The molecule has 2 aromatic heterocycles. The third-order valence-corrected chi connectivity index (χ3v) is 2.08. The fourth-order valence-electron chi connectivity index (χ4n) is 1.26. The van der Waals surface area contributed by atoms with Gasteiger partial charge in [-0.05, 0) is 6.07 Å². The summed E-state index contributed by atoms with van der Waals surface area (Å²) in [4.78, 5) is 19.7. The Morgan fingerprint density at radius 2 is 2.33 bits per heavy atom. The predicted molar refractivity (Wildman–Crippen MR) is 59.0 cm³/mol. The minimum atomic E-state index is -0.00648. The minimum Gasteiger partial charge on any atom is -0.330 e. The van der Waals surface area contributed by atoms with Gasteiger partial charge in [-0.2, -0.15) is 0 Å². The second-order valence-corrected chi connectivity index (χ2v) is 3.38. The summed E-state index contributed by atoms with van der Waals surface area (Å²) in [6.45, 7) is 0.288. The molecule has 0 unspecified atom stereocenters. The lowest BCUT2D eigenvalue weighted by Gasteiger charge is -2.01. The van der Waals surface area contributed by atoms with Crippen molar-refractivity contribution in [3.63, 3.8) is 0 Å². The topological polar surface area (TPSA) is 47.8 Å². The Morgan fingerprint density at radius 3 is 2.93 bits per heavy atom. The lowest BCUT2D eigenvalue weighted by atomic mass is 9.98. The van der Waals surface area contributed by atoms with E-state index in [9.17, 15) is 4.79 Å². The maximum Gasteiger partial charge on any atom is 0.200 e. The molecule has 4 nitrogen and oxygen atoms in total. The van der Waals surface area contributed by atoms with Crippen LogP contribution in [0.25, 0.3) is 0 Å². The molecule has 0 fully saturated rings. The lowest BCUT2D eigenvalue weighted by molar-refractivity contribution is 0.0967. The SMILES string of the molecule is Bc1ccc(C(=O)Cn2ccnc2)nc1. The molecule has 0 spiro atoms. The van der Waals surface area contributed by atoms with Crippen LogP contribution in [0.3, 0.4) is 0 Å². The molecule has 74 valence electrons. The summed E-state index contributed by atoms with van der Waals surface area (Å²) in [7, 11) is 1.94. The number of carbonyl (C=O) groups excluding carboxylic acids is 1. The standard InChI is InChI=1S/C10H10BN3O/c11-8-1-2-9(13-5-8)10(15)6-14-4-3-12-7-14/h1-5,7H,6,11H2. The van der Waals surface area contributed by atoms with Gasteiger partial charge in [0.1, 0.15) is 13.5 Å². The van der Waals surface area contributed by atoms with Gasteiger partial charge < -0.3 is 4.57 Å². The monoisotopic (exact) mass is 199 g/mol. The van der Waals surface area contributed by atoms with Crippen molar-refractivity contribution < 1.29 is 4.79 Å². The largest absolute Gasteiger partial charge is 0.330 e. The van der Waals surface area contributed by atoms with Crippen molar-refractivity contribution in [1.29, 1.82) is 0 Å². The number of Topliss-reactive ketones (excluding diaryl/α,β-unsaturated/α-hetero) is 1. The second-order valence-electron chi connectivity index (χ2n) is 3.38. The van der Waals surface area contributed by atoms with Crippen LogP contribution in [0.15, 0.2) is 37.1 Å². The van der Waals surface area contributed by atoms with E-state index < -0.39 is 0 Å². The number of pyridine rings is 1.